The van der Waals surface area contributed by atoms with Crippen LogP contribution >= 0.6 is 23.2 Å². The second kappa shape index (κ2) is 5.59. The lowest BCUT2D eigenvalue weighted by Gasteiger charge is -2.10. The average molecular weight is 299 g/mol. The molecule has 2 aromatic carbocycles. The van der Waals surface area contributed by atoms with Crippen molar-refractivity contribution in [1.82, 2.24) is 0 Å². The zero-order valence-corrected chi connectivity index (χ0v) is 11.2. The van der Waals surface area contributed by atoms with E-state index in [1.54, 1.807) is 24.3 Å². The molecule has 98 valence electrons. The van der Waals surface area contributed by atoms with Crippen molar-refractivity contribution in [3.63, 3.8) is 0 Å². The largest absolute Gasteiger partial charge is 0.481 e. The molecule has 0 saturated carbocycles. The molecule has 2 rings (SSSR count). The lowest BCUT2D eigenvalue weighted by Crippen LogP contribution is -2.04. The molecular weight excluding hydrogens is 290 g/mol. The van der Waals surface area contributed by atoms with Gasteiger partial charge in [0, 0.05) is 5.56 Å². The third-order valence-electron chi connectivity index (χ3n) is 2.68. The molecular formula is C14H9Cl2FO2. The van der Waals surface area contributed by atoms with Gasteiger partial charge in [0.1, 0.15) is 5.82 Å². The molecule has 0 saturated heterocycles. The minimum absolute atomic E-state index is 0.133. The lowest BCUT2D eigenvalue weighted by atomic mass is 9.97. The molecule has 19 heavy (non-hydrogen) atoms. The van der Waals surface area contributed by atoms with Gasteiger partial charge >= 0.3 is 5.97 Å². The minimum atomic E-state index is -1.09. The van der Waals surface area contributed by atoms with Gasteiger partial charge in [-0.3, -0.25) is 4.79 Å². The van der Waals surface area contributed by atoms with Gasteiger partial charge in [-0.1, -0.05) is 41.4 Å². The summed E-state index contributed by atoms with van der Waals surface area (Å²) in [7, 11) is 0. The number of hydrogen-bond donors (Lipinski definition) is 1. The topological polar surface area (TPSA) is 37.3 Å². The molecule has 5 heteroatoms. The monoisotopic (exact) mass is 298 g/mol. The van der Waals surface area contributed by atoms with E-state index in [0.29, 0.717) is 21.2 Å². The molecule has 0 radical (unpaired) electrons. The van der Waals surface area contributed by atoms with Crippen LogP contribution in [0.2, 0.25) is 10.0 Å². The van der Waals surface area contributed by atoms with E-state index in [1.165, 1.54) is 12.1 Å². The summed E-state index contributed by atoms with van der Waals surface area (Å²) in [5.74, 6) is -1.64. The van der Waals surface area contributed by atoms with Gasteiger partial charge in [-0.05, 0) is 29.3 Å². The Bertz CT molecular complexity index is 641. The quantitative estimate of drug-likeness (QED) is 0.910. The number of halogens is 3. The van der Waals surface area contributed by atoms with Crippen LogP contribution < -0.4 is 0 Å². The summed E-state index contributed by atoms with van der Waals surface area (Å²) in [6.07, 6.45) is -0.387. The minimum Gasteiger partial charge on any atom is -0.481 e. The van der Waals surface area contributed by atoms with Gasteiger partial charge in [-0.25, -0.2) is 4.39 Å². The summed E-state index contributed by atoms with van der Waals surface area (Å²) in [6, 6.07) is 9.27. The van der Waals surface area contributed by atoms with E-state index in [9.17, 15) is 9.18 Å². The van der Waals surface area contributed by atoms with Crippen molar-refractivity contribution in [3.05, 3.63) is 57.8 Å². The highest BCUT2D eigenvalue weighted by Crippen LogP contribution is 2.31. The number of carboxylic acid groups (broad SMARTS) is 1. The van der Waals surface area contributed by atoms with E-state index in [0.717, 1.165) is 0 Å². The van der Waals surface area contributed by atoms with Crippen molar-refractivity contribution >= 4 is 29.2 Å². The van der Waals surface area contributed by atoms with E-state index in [2.05, 4.69) is 0 Å². The Morgan fingerprint density at radius 1 is 1.16 bits per heavy atom. The maximum atomic E-state index is 13.8. The average Bonchev–Trinajstić information content (AvgIpc) is 2.35. The summed E-state index contributed by atoms with van der Waals surface area (Å²) in [4.78, 5) is 10.8. The molecule has 2 aromatic rings. The first-order valence-electron chi connectivity index (χ1n) is 5.43. The first kappa shape index (κ1) is 13.8. The Morgan fingerprint density at radius 3 is 2.53 bits per heavy atom. The second-order valence-electron chi connectivity index (χ2n) is 3.97. The number of hydrogen-bond acceptors (Lipinski definition) is 1. The van der Waals surface area contributed by atoms with Crippen LogP contribution in [0.3, 0.4) is 0 Å². The first-order valence-corrected chi connectivity index (χ1v) is 6.19. The Hall–Kier alpha value is -1.58. The van der Waals surface area contributed by atoms with Crippen LogP contribution in [0.5, 0.6) is 0 Å². The van der Waals surface area contributed by atoms with E-state index in [1.807, 2.05) is 0 Å². The highest BCUT2D eigenvalue weighted by Gasteiger charge is 2.14. The zero-order chi connectivity index (χ0) is 14.0. The van der Waals surface area contributed by atoms with Crippen molar-refractivity contribution in [3.8, 4) is 11.1 Å². The molecule has 0 heterocycles. The van der Waals surface area contributed by atoms with Crippen molar-refractivity contribution in [2.75, 3.05) is 0 Å². The standard InChI is InChI=1S/C14H9Cl2FO2/c15-11-5-4-8(6-12(11)16)9-2-1-3-13(17)10(9)7-14(18)19/h1-6H,7H2,(H,18,19). The van der Waals surface area contributed by atoms with Crippen LogP contribution in [-0.4, -0.2) is 11.1 Å². The molecule has 0 spiro atoms. The van der Waals surface area contributed by atoms with Gasteiger partial charge in [0.25, 0.3) is 0 Å². The number of rotatable bonds is 3. The Morgan fingerprint density at radius 2 is 1.89 bits per heavy atom. The molecule has 2 nitrogen and oxygen atoms in total. The van der Waals surface area contributed by atoms with Crippen molar-refractivity contribution in [2.45, 2.75) is 6.42 Å². The second-order valence-corrected chi connectivity index (χ2v) is 4.78. The van der Waals surface area contributed by atoms with Crippen LogP contribution in [0.4, 0.5) is 4.39 Å². The van der Waals surface area contributed by atoms with E-state index >= 15 is 0 Å². The fraction of sp³-hybridized carbons (Fsp3) is 0.0714. The molecule has 0 aliphatic rings. The van der Waals surface area contributed by atoms with Crippen molar-refractivity contribution < 1.29 is 14.3 Å². The molecule has 0 unspecified atom stereocenters. The molecule has 1 N–H and O–H groups in total. The third-order valence-corrected chi connectivity index (χ3v) is 3.42. The summed E-state index contributed by atoms with van der Waals surface area (Å²) in [5, 5.41) is 9.58. The SMILES string of the molecule is O=C(O)Cc1c(F)cccc1-c1ccc(Cl)c(Cl)c1. The van der Waals surface area contributed by atoms with Gasteiger partial charge in [-0.15, -0.1) is 0 Å². The summed E-state index contributed by atoms with van der Waals surface area (Å²) < 4.78 is 13.8. The Balaban J connectivity index is 2.57. The summed E-state index contributed by atoms with van der Waals surface area (Å²) in [6.45, 7) is 0. The first-order chi connectivity index (χ1) is 8.99. The van der Waals surface area contributed by atoms with Crippen molar-refractivity contribution in [1.29, 1.82) is 0 Å². The molecule has 0 fully saturated rings. The van der Waals surface area contributed by atoms with E-state index in [4.69, 9.17) is 28.3 Å². The van der Waals surface area contributed by atoms with Crippen LogP contribution in [-0.2, 0) is 11.2 Å². The van der Waals surface area contributed by atoms with Crippen LogP contribution in [0.15, 0.2) is 36.4 Å². The molecule has 0 bridgehead atoms. The zero-order valence-electron chi connectivity index (χ0n) is 9.66. The lowest BCUT2D eigenvalue weighted by molar-refractivity contribution is -0.136. The molecule has 0 amide bonds. The normalized spacial score (nSPS) is 10.5. The van der Waals surface area contributed by atoms with Gasteiger partial charge in [0.2, 0.25) is 0 Å². The molecule has 0 atom stereocenters. The number of benzene rings is 2. The number of carboxylic acids is 1. The summed E-state index contributed by atoms with van der Waals surface area (Å²) >= 11 is 11.7. The predicted octanol–water partition coefficient (Wildman–Crippen LogP) is 4.43. The number of carbonyl (C=O) groups is 1. The third kappa shape index (κ3) is 3.06. The van der Waals surface area contributed by atoms with Crippen LogP contribution in [0, 0.1) is 5.82 Å². The molecule has 0 aliphatic carbocycles. The van der Waals surface area contributed by atoms with Crippen LogP contribution in [0.25, 0.3) is 11.1 Å². The van der Waals surface area contributed by atoms with Gasteiger partial charge in [0.05, 0.1) is 16.5 Å². The van der Waals surface area contributed by atoms with Crippen molar-refractivity contribution in [2.24, 2.45) is 0 Å². The predicted molar refractivity (Wildman–Crippen MR) is 73.2 cm³/mol. The molecule has 0 aliphatic heterocycles. The van der Waals surface area contributed by atoms with Gasteiger partial charge in [-0.2, -0.15) is 0 Å². The fourth-order valence-corrected chi connectivity index (χ4v) is 2.12. The van der Waals surface area contributed by atoms with Gasteiger partial charge in [0.15, 0.2) is 0 Å². The molecule has 0 aromatic heterocycles. The van der Waals surface area contributed by atoms with Crippen LogP contribution in [0.1, 0.15) is 5.56 Å². The van der Waals surface area contributed by atoms with E-state index < -0.39 is 11.8 Å². The smallest absolute Gasteiger partial charge is 0.307 e. The van der Waals surface area contributed by atoms with Gasteiger partial charge < -0.3 is 5.11 Å². The van der Waals surface area contributed by atoms with E-state index in [-0.39, 0.29) is 12.0 Å². The highest BCUT2D eigenvalue weighted by atomic mass is 35.5. The maximum Gasteiger partial charge on any atom is 0.307 e. The Labute approximate surface area is 119 Å². The summed E-state index contributed by atoms with van der Waals surface area (Å²) in [5.41, 5.74) is 1.26. The Kier molecular flexibility index (Phi) is 4.08. The highest BCUT2D eigenvalue weighted by molar-refractivity contribution is 6.42. The number of aliphatic carboxylic acids is 1. The fourth-order valence-electron chi connectivity index (χ4n) is 1.82. The maximum absolute atomic E-state index is 13.8.